The first-order valence-corrected chi connectivity index (χ1v) is 10.9. The molecule has 31 heavy (non-hydrogen) atoms. The second-order valence-corrected chi connectivity index (χ2v) is 8.61. The lowest BCUT2D eigenvalue weighted by Gasteiger charge is -2.36. The van der Waals surface area contributed by atoms with Crippen LogP contribution in [-0.4, -0.2) is 58.9 Å². The molecule has 0 atom stereocenters. The van der Waals surface area contributed by atoms with Crippen LogP contribution in [0.15, 0.2) is 29.7 Å². The van der Waals surface area contributed by atoms with Crippen LogP contribution >= 0.6 is 0 Å². The van der Waals surface area contributed by atoms with Crippen LogP contribution in [0.1, 0.15) is 49.3 Å². The zero-order chi connectivity index (χ0) is 22.0. The van der Waals surface area contributed by atoms with Gasteiger partial charge in [0.05, 0.1) is 29.2 Å². The molecule has 2 fully saturated rings. The number of likely N-dealkylation sites (tertiary alicyclic amines) is 1. The van der Waals surface area contributed by atoms with Crippen molar-refractivity contribution in [3.63, 3.8) is 0 Å². The number of fused-ring (bicyclic) bond motifs is 1. The summed E-state index contributed by atoms with van der Waals surface area (Å²) in [6, 6.07) is 4.47. The Balaban J connectivity index is 1.48. The fourth-order valence-electron chi connectivity index (χ4n) is 4.19. The molecule has 162 valence electrons. The number of carbonyl (C=O) groups is 1. The maximum absolute atomic E-state index is 12.4. The Morgan fingerprint density at radius 3 is 2.71 bits per heavy atom. The van der Waals surface area contributed by atoms with Crippen LogP contribution in [0.2, 0.25) is 0 Å². The van der Waals surface area contributed by atoms with Crippen LogP contribution in [0.25, 0.3) is 11.1 Å². The summed E-state index contributed by atoms with van der Waals surface area (Å²) in [6.45, 7) is 7.32. The number of nitrogens with one attached hydrogen (secondary N) is 1. The molecule has 4 heterocycles. The molecule has 0 aromatic carbocycles. The number of piperidine rings is 1. The van der Waals surface area contributed by atoms with Crippen molar-refractivity contribution >= 4 is 23.2 Å². The molecule has 3 N–H and O–H groups in total. The van der Waals surface area contributed by atoms with Crippen molar-refractivity contribution in [2.24, 2.45) is 16.6 Å². The molecular weight excluding hydrogens is 390 g/mol. The van der Waals surface area contributed by atoms with Gasteiger partial charge >= 0.3 is 0 Å². The summed E-state index contributed by atoms with van der Waals surface area (Å²) in [6.07, 6.45) is 8.60. The van der Waals surface area contributed by atoms with Gasteiger partial charge < -0.3 is 16.0 Å². The van der Waals surface area contributed by atoms with Crippen LogP contribution in [0.5, 0.6) is 0 Å². The highest BCUT2D eigenvalue weighted by atomic mass is 16.2. The number of aromatic nitrogens is 2. The monoisotopic (exact) mass is 419 g/mol. The van der Waals surface area contributed by atoms with E-state index < -0.39 is 0 Å². The number of allylic oxidation sites excluding steroid dienone is 1. The summed E-state index contributed by atoms with van der Waals surface area (Å²) in [5, 5.41) is 16.9. The molecule has 0 aliphatic carbocycles. The summed E-state index contributed by atoms with van der Waals surface area (Å²) < 4.78 is 1.75. The Bertz CT molecular complexity index is 1060. The molecule has 2 aliphatic heterocycles. The van der Waals surface area contributed by atoms with E-state index in [1.54, 1.807) is 16.9 Å². The van der Waals surface area contributed by atoms with Gasteiger partial charge in [0.25, 0.3) is 0 Å². The molecular formula is C23H29N7O. The lowest BCUT2D eigenvalue weighted by molar-refractivity contribution is -0.138. The SMILES string of the molecule is CC(C)c1cc(C(C=NC2CCN(C(=O)C3CNC3)CC2)=CN)cn2ncc(C#N)c12. The van der Waals surface area contributed by atoms with Gasteiger partial charge in [-0.25, -0.2) is 4.52 Å². The lowest BCUT2D eigenvalue weighted by Crippen LogP contribution is -2.53. The second-order valence-electron chi connectivity index (χ2n) is 8.61. The minimum atomic E-state index is 0.153. The van der Waals surface area contributed by atoms with Gasteiger partial charge in [-0.1, -0.05) is 13.8 Å². The molecule has 1 amide bonds. The topological polar surface area (TPSA) is 112 Å². The van der Waals surface area contributed by atoms with Crippen molar-refractivity contribution in [2.75, 3.05) is 26.2 Å². The maximum atomic E-state index is 12.4. The average molecular weight is 420 g/mol. The number of carbonyl (C=O) groups excluding carboxylic acids is 1. The molecule has 2 aliphatic rings. The number of rotatable bonds is 5. The number of aliphatic imine (C=N–C) groups is 1. The van der Waals surface area contributed by atoms with E-state index in [1.165, 1.54) is 0 Å². The molecule has 0 bridgehead atoms. The molecule has 0 saturated carbocycles. The van der Waals surface area contributed by atoms with E-state index in [0.29, 0.717) is 5.56 Å². The maximum Gasteiger partial charge on any atom is 0.228 e. The highest BCUT2D eigenvalue weighted by molar-refractivity contribution is 6.09. The Labute approximate surface area is 182 Å². The summed E-state index contributed by atoms with van der Waals surface area (Å²) in [7, 11) is 0. The van der Waals surface area contributed by atoms with Gasteiger partial charge in [0.2, 0.25) is 5.91 Å². The predicted molar refractivity (Wildman–Crippen MR) is 121 cm³/mol. The van der Waals surface area contributed by atoms with Gasteiger partial charge in [-0.2, -0.15) is 10.4 Å². The summed E-state index contributed by atoms with van der Waals surface area (Å²) >= 11 is 0. The number of nitriles is 1. The number of hydrogen-bond acceptors (Lipinski definition) is 6. The summed E-state index contributed by atoms with van der Waals surface area (Å²) in [5.41, 5.74) is 10.1. The number of amides is 1. The lowest BCUT2D eigenvalue weighted by atomic mass is 9.97. The number of nitrogens with two attached hydrogens (primary N) is 1. The van der Waals surface area contributed by atoms with E-state index in [0.717, 1.165) is 61.2 Å². The van der Waals surface area contributed by atoms with E-state index in [2.05, 4.69) is 36.4 Å². The van der Waals surface area contributed by atoms with Crippen molar-refractivity contribution in [1.29, 1.82) is 5.26 Å². The van der Waals surface area contributed by atoms with Crippen molar-refractivity contribution in [2.45, 2.75) is 38.6 Å². The third-order valence-corrected chi connectivity index (χ3v) is 6.23. The second kappa shape index (κ2) is 8.90. The van der Waals surface area contributed by atoms with E-state index in [4.69, 9.17) is 10.7 Å². The third kappa shape index (κ3) is 4.19. The standard InChI is InChI=1S/C23H29N7O/c1-15(2)21-7-16(14-30-22(21)18(9-25)13-28-30)17(8-24)12-27-20-3-5-29(6-4-20)23(31)19-10-26-11-19/h7-8,12-15,19-20,26H,3-6,10-11,24H2,1-2H3. The van der Waals surface area contributed by atoms with Crippen molar-refractivity contribution in [3.05, 3.63) is 41.4 Å². The summed E-state index contributed by atoms with van der Waals surface area (Å²) in [4.78, 5) is 19.1. The molecule has 0 radical (unpaired) electrons. The Morgan fingerprint density at radius 1 is 1.39 bits per heavy atom. The molecule has 0 unspecified atom stereocenters. The van der Waals surface area contributed by atoms with Gasteiger partial charge in [0.1, 0.15) is 6.07 Å². The molecule has 8 nitrogen and oxygen atoms in total. The molecule has 0 spiro atoms. The molecule has 4 rings (SSSR count). The first kappa shape index (κ1) is 21.1. The van der Waals surface area contributed by atoms with Crippen molar-refractivity contribution < 1.29 is 4.79 Å². The van der Waals surface area contributed by atoms with Crippen LogP contribution in [-0.2, 0) is 4.79 Å². The van der Waals surface area contributed by atoms with E-state index in [1.807, 2.05) is 17.3 Å². The van der Waals surface area contributed by atoms with Gasteiger partial charge in [-0.05, 0) is 30.4 Å². The van der Waals surface area contributed by atoms with Gasteiger partial charge in [-0.15, -0.1) is 0 Å². The Kier molecular flexibility index (Phi) is 6.05. The molecule has 2 aromatic heterocycles. The van der Waals surface area contributed by atoms with E-state index in [9.17, 15) is 10.1 Å². The normalized spacial score (nSPS) is 18.6. The summed E-state index contributed by atoms with van der Waals surface area (Å²) in [5.74, 6) is 0.657. The van der Waals surface area contributed by atoms with Crippen LogP contribution < -0.4 is 11.1 Å². The number of pyridine rings is 1. The third-order valence-electron chi connectivity index (χ3n) is 6.23. The highest BCUT2D eigenvalue weighted by Gasteiger charge is 2.31. The number of hydrogen-bond donors (Lipinski definition) is 2. The minimum absolute atomic E-state index is 0.153. The van der Waals surface area contributed by atoms with Crippen LogP contribution in [0.3, 0.4) is 0 Å². The predicted octanol–water partition coefficient (Wildman–Crippen LogP) is 1.91. The van der Waals surface area contributed by atoms with Crippen molar-refractivity contribution in [1.82, 2.24) is 19.8 Å². The fourth-order valence-corrected chi connectivity index (χ4v) is 4.19. The minimum Gasteiger partial charge on any atom is -0.404 e. The molecule has 2 aromatic rings. The average Bonchev–Trinajstić information content (AvgIpc) is 3.15. The fraction of sp³-hybridized carbons (Fsp3) is 0.478. The molecule has 2 saturated heterocycles. The number of nitrogens with zero attached hydrogens (tertiary/aromatic N) is 5. The first-order valence-electron chi connectivity index (χ1n) is 10.9. The highest BCUT2D eigenvalue weighted by Crippen LogP contribution is 2.27. The van der Waals surface area contributed by atoms with E-state index >= 15 is 0 Å². The Hall–Kier alpha value is -3.18. The first-order chi connectivity index (χ1) is 15.0. The van der Waals surface area contributed by atoms with Gasteiger partial charge in [0, 0.05) is 55.9 Å². The van der Waals surface area contributed by atoms with Gasteiger partial charge in [-0.3, -0.25) is 9.79 Å². The van der Waals surface area contributed by atoms with Crippen LogP contribution in [0, 0.1) is 17.2 Å². The van der Waals surface area contributed by atoms with E-state index in [-0.39, 0.29) is 23.8 Å². The Morgan fingerprint density at radius 2 is 2.13 bits per heavy atom. The van der Waals surface area contributed by atoms with Crippen molar-refractivity contribution in [3.8, 4) is 6.07 Å². The smallest absolute Gasteiger partial charge is 0.228 e. The largest absolute Gasteiger partial charge is 0.404 e. The zero-order valence-electron chi connectivity index (χ0n) is 18.1. The zero-order valence-corrected chi connectivity index (χ0v) is 18.1. The quantitative estimate of drug-likeness (QED) is 0.719. The van der Waals surface area contributed by atoms with Gasteiger partial charge in [0.15, 0.2) is 0 Å². The van der Waals surface area contributed by atoms with Crippen LogP contribution in [0.4, 0.5) is 0 Å². The molecule has 8 heteroatoms.